The molecule has 0 bridgehead atoms. The van der Waals surface area contributed by atoms with Crippen LogP contribution in [-0.4, -0.2) is 35.8 Å². The third-order valence-electron chi connectivity index (χ3n) is 5.36. The maximum absolute atomic E-state index is 13.2. The van der Waals surface area contributed by atoms with Gasteiger partial charge in [-0.25, -0.2) is 9.59 Å². The summed E-state index contributed by atoms with van der Waals surface area (Å²) in [6, 6.07) is 14.2. The molecule has 0 aliphatic rings. The number of fused-ring (bicyclic) bond motifs is 1. The third-order valence-corrected chi connectivity index (χ3v) is 5.36. The van der Waals surface area contributed by atoms with Crippen molar-refractivity contribution in [3.63, 3.8) is 0 Å². The number of benzene rings is 2. The summed E-state index contributed by atoms with van der Waals surface area (Å²) >= 11 is 0. The summed E-state index contributed by atoms with van der Waals surface area (Å²) in [5.41, 5.74) is 2.79. The number of alkyl carbamates (subject to hydrolysis) is 1. The highest BCUT2D eigenvalue weighted by Crippen LogP contribution is 2.35. The van der Waals surface area contributed by atoms with Crippen molar-refractivity contribution in [2.75, 3.05) is 7.11 Å². The molecule has 0 unspecified atom stereocenters. The Morgan fingerprint density at radius 3 is 2.39 bits per heavy atom. The predicted molar refractivity (Wildman–Crippen MR) is 127 cm³/mol. The van der Waals surface area contributed by atoms with Crippen molar-refractivity contribution in [2.24, 2.45) is 0 Å². The lowest BCUT2D eigenvalue weighted by atomic mass is 9.91. The van der Waals surface area contributed by atoms with Crippen LogP contribution >= 0.6 is 0 Å². The highest BCUT2D eigenvalue weighted by Gasteiger charge is 2.33. The fourth-order valence-electron chi connectivity index (χ4n) is 3.91. The molecule has 1 heterocycles. The molecule has 0 aliphatic carbocycles. The van der Waals surface area contributed by atoms with Crippen LogP contribution < -0.4 is 10.1 Å². The van der Waals surface area contributed by atoms with Crippen LogP contribution in [0.5, 0.6) is 5.75 Å². The molecule has 0 saturated carbocycles. The largest absolute Gasteiger partial charge is 0.495 e. The van der Waals surface area contributed by atoms with Crippen molar-refractivity contribution in [1.29, 1.82) is 0 Å². The summed E-state index contributed by atoms with van der Waals surface area (Å²) in [6.45, 7) is 9.25. The monoisotopic (exact) mass is 452 g/mol. The Bertz CT molecular complexity index is 1110. The lowest BCUT2D eigenvalue weighted by Crippen LogP contribution is -2.47. The molecule has 0 saturated heterocycles. The molecule has 0 spiro atoms. The number of rotatable bonds is 7. The molecular formula is C26H32N2O5. The number of carbonyl (C=O) groups is 2. The van der Waals surface area contributed by atoms with E-state index in [-0.39, 0.29) is 6.61 Å². The second-order valence-electron chi connectivity index (χ2n) is 9.05. The quantitative estimate of drug-likeness (QED) is 0.480. The zero-order valence-corrected chi connectivity index (χ0v) is 20.0. The summed E-state index contributed by atoms with van der Waals surface area (Å²) < 4.78 is 16.5. The molecule has 0 aliphatic heterocycles. The van der Waals surface area contributed by atoms with Crippen molar-refractivity contribution < 1.29 is 23.8 Å². The lowest BCUT2D eigenvalue weighted by molar-refractivity contribution is -0.148. The molecular weight excluding hydrogens is 420 g/mol. The smallest absolute Gasteiger partial charge is 0.408 e. The third kappa shape index (κ3) is 5.86. The van der Waals surface area contributed by atoms with Crippen LogP contribution in [0.25, 0.3) is 10.9 Å². The van der Waals surface area contributed by atoms with E-state index in [9.17, 15) is 9.59 Å². The van der Waals surface area contributed by atoms with Crippen molar-refractivity contribution >= 4 is 23.0 Å². The molecule has 1 aromatic heterocycles. The number of hydrogen-bond donors (Lipinski definition) is 2. The van der Waals surface area contributed by atoms with Crippen LogP contribution in [0.4, 0.5) is 4.79 Å². The maximum atomic E-state index is 13.2. The summed E-state index contributed by atoms with van der Waals surface area (Å²) in [4.78, 5) is 29.1. The average Bonchev–Trinajstić information content (AvgIpc) is 3.10. The minimum Gasteiger partial charge on any atom is -0.495 e. The van der Waals surface area contributed by atoms with E-state index in [4.69, 9.17) is 14.2 Å². The fourth-order valence-corrected chi connectivity index (χ4v) is 3.91. The van der Waals surface area contributed by atoms with Crippen molar-refractivity contribution in [3.05, 3.63) is 65.4 Å². The standard InChI is InChI=1S/C26H32N2O5/c1-16(21-17(2)27-23-19(21)13-10-14-20(23)31-6)22(28-25(30)33-26(3,4)5)24(29)32-15-18-11-8-7-9-12-18/h7-14,16,22,27H,15H2,1-6H3,(H,28,30)/t16-,22-/m0/s1. The molecule has 1 amide bonds. The van der Waals surface area contributed by atoms with E-state index < -0.39 is 29.6 Å². The number of nitrogens with one attached hydrogen (secondary N) is 2. The molecule has 2 atom stereocenters. The van der Waals surface area contributed by atoms with Gasteiger partial charge in [-0.15, -0.1) is 0 Å². The number of ether oxygens (including phenoxy) is 3. The van der Waals surface area contributed by atoms with Gasteiger partial charge in [0.25, 0.3) is 0 Å². The molecule has 2 N–H and O–H groups in total. The van der Waals surface area contributed by atoms with Crippen LogP contribution in [0.1, 0.15) is 50.4 Å². The second-order valence-corrected chi connectivity index (χ2v) is 9.05. The van der Waals surface area contributed by atoms with Crippen LogP contribution in [0.3, 0.4) is 0 Å². The van der Waals surface area contributed by atoms with E-state index in [1.165, 1.54) is 0 Å². The number of carbonyl (C=O) groups excluding carboxylic acids is 2. The van der Waals surface area contributed by atoms with Crippen molar-refractivity contribution in [3.8, 4) is 5.75 Å². The Hall–Kier alpha value is -3.48. The number of aryl methyl sites for hydroxylation is 1. The number of methoxy groups -OCH3 is 1. The molecule has 7 nitrogen and oxygen atoms in total. The number of aromatic nitrogens is 1. The molecule has 0 radical (unpaired) electrons. The first-order chi connectivity index (χ1) is 15.6. The molecule has 176 valence electrons. The predicted octanol–water partition coefficient (Wildman–Crippen LogP) is 5.23. The van der Waals surface area contributed by atoms with Gasteiger partial charge in [-0.3, -0.25) is 0 Å². The van der Waals surface area contributed by atoms with Gasteiger partial charge in [-0.1, -0.05) is 49.4 Å². The van der Waals surface area contributed by atoms with Crippen LogP contribution in [0, 0.1) is 6.92 Å². The van der Waals surface area contributed by atoms with E-state index in [1.807, 2.05) is 62.4 Å². The number of H-pyrrole nitrogens is 1. The maximum Gasteiger partial charge on any atom is 0.408 e. The fraction of sp³-hybridized carbons (Fsp3) is 0.385. The van der Waals surface area contributed by atoms with Gasteiger partial charge < -0.3 is 24.5 Å². The number of esters is 1. The average molecular weight is 453 g/mol. The van der Waals surface area contributed by atoms with E-state index in [2.05, 4.69) is 10.3 Å². The first-order valence-corrected chi connectivity index (χ1v) is 11.0. The van der Waals surface area contributed by atoms with E-state index >= 15 is 0 Å². The summed E-state index contributed by atoms with van der Waals surface area (Å²) in [6.07, 6.45) is -0.675. The van der Waals surface area contributed by atoms with Crippen molar-refractivity contribution in [2.45, 2.75) is 58.8 Å². The Balaban J connectivity index is 1.92. The second kappa shape index (κ2) is 9.98. The minimum atomic E-state index is -0.951. The van der Waals surface area contributed by atoms with Crippen molar-refractivity contribution in [1.82, 2.24) is 10.3 Å². The normalized spacial score (nSPS) is 13.3. The van der Waals surface area contributed by atoms with Crippen LogP contribution in [-0.2, 0) is 20.9 Å². The number of hydrogen-bond acceptors (Lipinski definition) is 5. The molecule has 33 heavy (non-hydrogen) atoms. The Kier molecular flexibility index (Phi) is 7.31. The van der Waals surface area contributed by atoms with Gasteiger partial charge in [0.1, 0.15) is 24.0 Å². The van der Waals surface area contributed by atoms with Gasteiger partial charge in [0.15, 0.2) is 0 Å². The minimum absolute atomic E-state index is 0.111. The Labute approximate surface area is 194 Å². The SMILES string of the molecule is COc1cccc2c([C@H](C)[C@H](NC(=O)OC(C)(C)C)C(=O)OCc3ccccc3)c(C)[nH]c12. The molecule has 7 heteroatoms. The Morgan fingerprint density at radius 2 is 1.76 bits per heavy atom. The Morgan fingerprint density at radius 1 is 1.06 bits per heavy atom. The van der Waals surface area contributed by atoms with E-state index in [1.54, 1.807) is 27.9 Å². The van der Waals surface area contributed by atoms with Gasteiger partial charge >= 0.3 is 12.1 Å². The zero-order chi connectivity index (χ0) is 24.2. The number of aromatic amines is 1. The van der Waals surface area contributed by atoms with E-state index in [0.717, 1.165) is 27.7 Å². The highest BCUT2D eigenvalue weighted by atomic mass is 16.6. The molecule has 2 aromatic carbocycles. The van der Waals surface area contributed by atoms with Crippen LogP contribution in [0.15, 0.2) is 48.5 Å². The summed E-state index contributed by atoms with van der Waals surface area (Å²) in [7, 11) is 1.61. The summed E-state index contributed by atoms with van der Waals surface area (Å²) in [5, 5.41) is 3.66. The van der Waals surface area contributed by atoms with Gasteiger partial charge in [0.2, 0.25) is 0 Å². The molecule has 3 rings (SSSR count). The molecule has 0 fully saturated rings. The zero-order valence-electron chi connectivity index (χ0n) is 20.0. The van der Waals surface area contributed by atoms with Gasteiger partial charge in [-0.05, 0) is 44.9 Å². The van der Waals surface area contributed by atoms with E-state index in [0.29, 0.717) is 5.75 Å². The first-order valence-electron chi connectivity index (χ1n) is 11.0. The van der Waals surface area contributed by atoms with Gasteiger partial charge in [-0.2, -0.15) is 0 Å². The number of para-hydroxylation sites is 1. The van der Waals surface area contributed by atoms with Gasteiger partial charge in [0.05, 0.1) is 12.6 Å². The lowest BCUT2D eigenvalue weighted by Gasteiger charge is -2.26. The molecule has 3 aromatic rings. The number of amides is 1. The highest BCUT2D eigenvalue weighted by molar-refractivity contribution is 5.91. The summed E-state index contributed by atoms with van der Waals surface area (Å²) in [5.74, 6) is -0.229. The first kappa shape index (κ1) is 24.2. The van der Waals surface area contributed by atoms with Gasteiger partial charge in [0, 0.05) is 17.0 Å². The topological polar surface area (TPSA) is 89.7 Å². The van der Waals surface area contributed by atoms with Crippen LogP contribution in [0.2, 0.25) is 0 Å².